The zero-order valence-corrected chi connectivity index (χ0v) is 11.4. The molecule has 0 spiro atoms. The van der Waals surface area contributed by atoms with E-state index in [4.69, 9.17) is 0 Å². The van der Waals surface area contributed by atoms with Crippen molar-refractivity contribution in [3.05, 3.63) is 35.9 Å². The number of rotatable bonds is 3. The molecule has 4 nitrogen and oxygen atoms in total. The van der Waals surface area contributed by atoms with Gasteiger partial charge in [-0.25, -0.2) is 4.98 Å². The summed E-state index contributed by atoms with van der Waals surface area (Å²) < 4.78 is 0. The predicted molar refractivity (Wildman–Crippen MR) is 80.5 cm³/mol. The van der Waals surface area contributed by atoms with E-state index in [1.54, 1.807) is 0 Å². The van der Waals surface area contributed by atoms with Gasteiger partial charge in [0.1, 0.15) is 11.9 Å². The summed E-state index contributed by atoms with van der Waals surface area (Å²) in [4.78, 5) is 4.58. The number of piperidine rings is 1. The molecule has 0 unspecified atom stereocenters. The highest BCUT2D eigenvalue weighted by Gasteiger charge is 2.14. The van der Waals surface area contributed by atoms with Crippen molar-refractivity contribution in [1.29, 1.82) is 5.26 Å². The molecular formula is C16H18N4. The Morgan fingerprint density at radius 1 is 1.30 bits per heavy atom. The van der Waals surface area contributed by atoms with Crippen LogP contribution in [0.3, 0.4) is 0 Å². The van der Waals surface area contributed by atoms with Gasteiger partial charge < -0.3 is 10.6 Å². The third-order valence-corrected chi connectivity index (χ3v) is 3.86. The van der Waals surface area contributed by atoms with Gasteiger partial charge in [-0.1, -0.05) is 18.2 Å². The summed E-state index contributed by atoms with van der Waals surface area (Å²) in [6, 6.07) is 12.0. The van der Waals surface area contributed by atoms with Gasteiger partial charge in [-0.3, -0.25) is 0 Å². The molecular weight excluding hydrogens is 248 g/mol. The van der Waals surface area contributed by atoms with E-state index in [9.17, 15) is 5.26 Å². The number of nitriles is 1. The maximum absolute atomic E-state index is 9.27. The van der Waals surface area contributed by atoms with Crippen LogP contribution >= 0.6 is 0 Å². The molecule has 0 aliphatic carbocycles. The molecule has 1 aliphatic rings. The normalized spacial score (nSPS) is 15.9. The van der Waals surface area contributed by atoms with E-state index in [1.165, 1.54) is 12.8 Å². The number of nitrogens with one attached hydrogen (secondary N) is 2. The standard InChI is InChI=1S/C16H18N4/c17-10-14-9-13-3-1-2-4-15(13)20-16(14)19-11-12-5-7-18-8-6-12/h1-4,9,12,18H,5-8,11H2,(H,19,20). The number of hydrogen-bond acceptors (Lipinski definition) is 4. The van der Waals surface area contributed by atoms with E-state index in [0.717, 1.165) is 30.5 Å². The lowest BCUT2D eigenvalue weighted by Gasteiger charge is -2.23. The number of fused-ring (bicyclic) bond motifs is 1. The van der Waals surface area contributed by atoms with Crippen LogP contribution in [0, 0.1) is 17.2 Å². The number of aromatic nitrogens is 1. The van der Waals surface area contributed by atoms with E-state index in [2.05, 4.69) is 21.7 Å². The quantitative estimate of drug-likeness (QED) is 0.896. The average Bonchev–Trinajstić information content (AvgIpc) is 2.53. The third-order valence-electron chi connectivity index (χ3n) is 3.86. The Morgan fingerprint density at radius 3 is 2.90 bits per heavy atom. The van der Waals surface area contributed by atoms with Crippen molar-refractivity contribution < 1.29 is 0 Å². The van der Waals surface area contributed by atoms with Gasteiger partial charge >= 0.3 is 0 Å². The molecule has 0 atom stereocenters. The molecule has 0 amide bonds. The first kappa shape index (κ1) is 12.9. The minimum atomic E-state index is 0.623. The maximum Gasteiger partial charge on any atom is 0.144 e. The van der Waals surface area contributed by atoms with Crippen LogP contribution in [0.2, 0.25) is 0 Å². The Hall–Kier alpha value is -2.12. The van der Waals surface area contributed by atoms with E-state index in [1.807, 2.05) is 30.3 Å². The molecule has 0 bridgehead atoms. The monoisotopic (exact) mass is 266 g/mol. The maximum atomic E-state index is 9.27. The number of pyridine rings is 1. The van der Waals surface area contributed by atoms with Crippen LogP contribution in [-0.4, -0.2) is 24.6 Å². The summed E-state index contributed by atoms with van der Waals surface area (Å²) in [5, 5.41) is 17.0. The number of hydrogen-bond donors (Lipinski definition) is 2. The first-order chi connectivity index (χ1) is 9.86. The first-order valence-corrected chi connectivity index (χ1v) is 7.11. The zero-order chi connectivity index (χ0) is 13.8. The minimum Gasteiger partial charge on any atom is -0.369 e. The molecule has 102 valence electrons. The second-order valence-corrected chi connectivity index (χ2v) is 5.26. The fourth-order valence-corrected chi connectivity index (χ4v) is 2.66. The molecule has 4 heteroatoms. The molecule has 2 N–H and O–H groups in total. The number of anilines is 1. The highest BCUT2D eigenvalue weighted by molar-refractivity contribution is 5.82. The SMILES string of the molecule is N#Cc1cc2ccccc2nc1NCC1CCNCC1. The Labute approximate surface area is 118 Å². The Morgan fingerprint density at radius 2 is 2.10 bits per heavy atom. The van der Waals surface area contributed by atoms with Crippen molar-refractivity contribution in [2.45, 2.75) is 12.8 Å². The zero-order valence-electron chi connectivity index (χ0n) is 11.4. The Kier molecular flexibility index (Phi) is 3.80. The highest BCUT2D eigenvalue weighted by Crippen LogP contribution is 2.21. The molecule has 2 aromatic rings. The Bertz CT molecular complexity index is 638. The summed E-state index contributed by atoms with van der Waals surface area (Å²) in [5.74, 6) is 1.38. The van der Waals surface area contributed by atoms with Gasteiger partial charge in [-0.2, -0.15) is 5.26 Å². The van der Waals surface area contributed by atoms with E-state index in [-0.39, 0.29) is 0 Å². The van der Waals surface area contributed by atoms with Crippen LogP contribution in [-0.2, 0) is 0 Å². The summed E-state index contributed by atoms with van der Waals surface area (Å²) in [5.41, 5.74) is 1.55. The van der Waals surface area contributed by atoms with Crippen molar-refractivity contribution in [1.82, 2.24) is 10.3 Å². The van der Waals surface area contributed by atoms with Gasteiger partial charge in [0.25, 0.3) is 0 Å². The fourth-order valence-electron chi connectivity index (χ4n) is 2.66. The molecule has 1 aromatic heterocycles. The average molecular weight is 266 g/mol. The first-order valence-electron chi connectivity index (χ1n) is 7.11. The minimum absolute atomic E-state index is 0.623. The highest BCUT2D eigenvalue weighted by atomic mass is 15.0. The molecule has 20 heavy (non-hydrogen) atoms. The summed E-state index contributed by atoms with van der Waals surface area (Å²) >= 11 is 0. The summed E-state index contributed by atoms with van der Waals surface area (Å²) in [7, 11) is 0. The van der Waals surface area contributed by atoms with Gasteiger partial charge in [0, 0.05) is 11.9 Å². The smallest absolute Gasteiger partial charge is 0.144 e. The topological polar surface area (TPSA) is 60.7 Å². The van der Waals surface area contributed by atoms with Gasteiger partial charge in [0.05, 0.1) is 11.1 Å². The molecule has 0 saturated carbocycles. The molecule has 1 aromatic carbocycles. The van der Waals surface area contributed by atoms with Gasteiger partial charge in [-0.05, 0) is 44.0 Å². The number of para-hydroxylation sites is 1. The second kappa shape index (κ2) is 5.89. The van der Waals surface area contributed by atoms with E-state index >= 15 is 0 Å². The summed E-state index contributed by atoms with van der Waals surface area (Å²) in [6.07, 6.45) is 2.37. The van der Waals surface area contributed by atoms with Crippen LogP contribution in [0.25, 0.3) is 10.9 Å². The molecule has 1 fully saturated rings. The van der Waals surface area contributed by atoms with Crippen LogP contribution in [0.4, 0.5) is 5.82 Å². The number of benzene rings is 1. The predicted octanol–water partition coefficient (Wildman–Crippen LogP) is 2.52. The molecule has 0 radical (unpaired) electrons. The molecule has 3 rings (SSSR count). The van der Waals surface area contributed by atoms with Crippen LogP contribution in [0.15, 0.2) is 30.3 Å². The van der Waals surface area contributed by atoms with Crippen molar-refractivity contribution in [3.63, 3.8) is 0 Å². The van der Waals surface area contributed by atoms with E-state index in [0.29, 0.717) is 17.3 Å². The van der Waals surface area contributed by atoms with Crippen molar-refractivity contribution in [2.75, 3.05) is 25.0 Å². The lowest BCUT2D eigenvalue weighted by Crippen LogP contribution is -2.31. The van der Waals surface area contributed by atoms with Crippen LogP contribution < -0.4 is 10.6 Å². The van der Waals surface area contributed by atoms with Gasteiger partial charge in [0.15, 0.2) is 0 Å². The van der Waals surface area contributed by atoms with Gasteiger partial charge in [0.2, 0.25) is 0 Å². The Balaban J connectivity index is 1.80. The fraction of sp³-hybridized carbons (Fsp3) is 0.375. The third kappa shape index (κ3) is 2.73. The molecule has 1 aliphatic heterocycles. The summed E-state index contributed by atoms with van der Waals surface area (Å²) in [6.45, 7) is 3.06. The molecule has 1 saturated heterocycles. The van der Waals surface area contributed by atoms with E-state index < -0.39 is 0 Å². The van der Waals surface area contributed by atoms with Crippen LogP contribution in [0.1, 0.15) is 18.4 Å². The largest absolute Gasteiger partial charge is 0.369 e. The van der Waals surface area contributed by atoms with Crippen LogP contribution in [0.5, 0.6) is 0 Å². The van der Waals surface area contributed by atoms with Crippen molar-refractivity contribution in [2.24, 2.45) is 5.92 Å². The lowest BCUT2D eigenvalue weighted by atomic mass is 9.98. The number of nitrogens with zero attached hydrogens (tertiary/aromatic N) is 2. The second-order valence-electron chi connectivity index (χ2n) is 5.26. The van der Waals surface area contributed by atoms with Gasteiger partial charge in [-0.15, -0.1) is 0 Å². The molecule has 2 heterocycles. The lowest BCUT2D eigenvalue weighted by molar-refractivity contribution is 0.389. The van der Waals surface area contributed by atoms with Crippen molar-refractivity contribution >= 4 is 16.7 Å². The van der Waals surface area contributed by atoms with Crippen molar-refractivity contribution in [3.8, 4) is 6.07 Å².